The first-order chi connectivity index (χ1) is 19.0. The number of carbonyl (C=O) groups is 1. The highest BCUT2D eigenvalue weighted by atomic mass is 35.5. The molecule has 1 amide bonds. The maximum absolute atomic E-state index is 14.1. The highest BCUT2D eigenvalue weighted by Gasteiger charge is 2.52. The van der Waals surface area contributed by atoms with Crippen molar-refractivity contribution in [2.24, 2.45) is 5.92 Å². The van der Waals surface area contributed by atoms with Crippen LogP contribution in [0, 0.1) is 5.92 Å². The van der Waals surface area contributed by atoms with E-state index in [1.54, 1.807) is 17.4 Å². The van der Waals surface area contributed by atoms with Gasteiger partial charge in [-0.25, -0.2) is 0 Å². The minimum atomic E-state index is -0.369. The molecule has 4 nitrogen and oxygen atoms in total. The molecule has 2 aromatic carbocycles. The predicted molar refractivity (Wildman–Crippen MR) is 167 cm³/mol. The van der Waals surface area contributed by atoms with Crippen molar-refractivity contribution in [2.45, 2.75) is 87.6 Å². The number of likely N-dealkylation sites (tertiary alicyclic amines) is 1. The molecule has 0 spiro atoms. The Bertz CT molecular complexity index is 1260. The number of nitrogens with one attached hydrogen (secondary N) is 1. The van der Waals surface area contributed by atoms with Crippen LogP contribution in [0.15, 0.2) is 71.4 Å². The Morgan fingerprint density at radius 1 is 1.05 bits per heavy atom. The first-order valence-corrected chi connectivity index (χ1v) is 15.8. The van der Waals surface area contributed by atoms with Crippen LogP contribution in [0.25, 0.3) is 0 Å². The van der Waals surface area contributed by atoms with E-state index in [4.69, 9.17) is 0 Å². The number of benzene rings is 2. The van der Waals surface area contributed by atoms with Crippen molar-refractivity contribution < 1.29 is 9.90 Å². The Hall–Kier alpha value is -2.34. The molecule has 1 saturated heterocycles. The van der Waals surface area contributed by atoms with Crippen molar-refractivity contribution in [2.75, 3.05) is 13.1 Å². The molecule has 3 aromatic rings. The summed E-state index contributed by atoms with van der Waals surface area (Å²) >= 11 is 1.70. The summed E-state index contributed by atoms with van der Waals surface area (Å²) in [5, 5.41) is 18.3. The highest BCUT2D eigenvalue weighted by Crippen LogP contribution is 2.51. The predicted octanol–water partition coefficient (Wildman–Crippen LogP) is 7.25. The van der Waals surface area contributed by atoms with Crippen molar-refractivity contribution >= 4 is 29.7 Å². The van der Waals surface area contributed by atoms with E-state index in [-0.39, 0.29) is 35.2 Å². The number of nitrogens with zero attached hydrogens (tertiary/aromatic N) is 1. The fraction of sp³-hybridized carbons (Fsp3) is 0.500. The Labute approximate surface area is 249 Å². The molecule has 1 aromatic heterocycles. The second-order valence-corrected chi connectivity index (χ2v) is 13.2. The summed E-state index contributed by atoms with van der Waals surface area (Å²) in [6.45, 7) is 4.53. The minimum absolute atomic E-state index is 0. The largest absolute Gasteiger partial charge is 0.508 e. The van der Waals surface area contributed by atoms with Crippen LogP contribution in [0.3, 0.4) is 0 Å². The van der Waals surface area contributed by atoms with Gasteiger partial charge in [-0.2, -0.15) is 11.3 Å². The molecule has 1 aliphatic heterocycles. The lowest BCUT2D eigenvalue weighted by Crippen LogP contribution is -2.62. The first-order valence-electron chi connectivity index (χ1n) is 14.9. The van der Waals surface area contributed by atoms with Gasteiger partial charge in [-0.05, 0) is 103 Å². The van der Waals surface area contributed by atoms with Gasteiger partial charge in [0, 0.05) is 24.0 Å². The number of rotatable bonds is 8. The molecule has 2 heterocycles. The summed E-state index contributed by atoms with van der Waals surface area (Å²) in [5.74, 6) is 1.01. The molecule has 4 atom stereocenters. The summed E-state index contributed by atoms with van der Waals surface area (Å²) in [4.78, 5) is 16.8. The van der Waals surface area contributed by atoms with E-state index in [0.717, 1.165) is 70.9 Å². The van der Waals surface area contributed by atoms with Crippen LogP contribution in [-0.4, -0.2) is 41.1 Å². The molecule has 2 N–H and O–H groups in total. The number of thiophene rings is 1. The van der Waals surface area contributed by atoms with E-state index < -0.39 is 0 Å². The zero-order valence-electron chi connectivity index (χ0n) is 23.6. The Balaban J connectivity index is 0.00000323. The molecule has 2 aliphatic carbocycles. The molecule has 214 valence electrons. The molecule has 0 radical (unpaired) electrons. The van der Waals surface area contributed by atoms with E-state index >= 15 is 0 Å². The van der Waals surface area contributed by atoms with Gasteiger partial charge in [-0.3, -0.25) is 9.69 Å². The Morgan fingerprint density at radius 3 is 2.58 bits per heavy atom. The number of amides is 1. The van der Waals surface area contributed by atoms with Crippen molar-refractivity contribution in [3.63, 3.8) is 0 Å². The summed E-state index contributed by atoms with van der Waals surface area (Å²) in [5.41, 5.74) is 3.43. The van der Waals surface area contributed by atoms with Crippen LogP contribution in [0.1, 0.15) is 75.0 Å². The van der Waals surface area contributed by atoms with Crippen molar-refractivity contribution in [1.29, 1.82) is 0 Å². The number of phenolic OH excluding ortho intramolecular Hbond substituents is 1. The number of fused-ring (bicyclic) bond motifs is 2. The van der Waals surface area contributed by atoms with Gasteiger partial charge >= 0.3 is 0 Å². The normalized spacial score (nSPS) is 27.6. The lowest BCUT2D eigenvalue weighted by atomic mass is 9.57. The number of hydrogen-bond donors (Lipinski definition) is 2. The summed E-state index contributed by atoms with van der Waals surface area (Å²) < 4.78 is 0. The summed E-state index contributed by atoms with van der Waals surface area (Å²) in [6.07, 6.45) is 9.42. The van der Waals surface area contributed by atoms with Crippen LogP contribution in [-0.2, 0) is 22.0 Å². The third kappa shape index (κ3) is 5.57. The minimum Gasteiger partial charge on any atom is -0.508 e. The van der Waals surface area contributed by atoms with Gasteiger partial charge in [0.05, 0.1) is 5.41 Å². The van der Waals surface area contributed by atoms with Gasteiger partial charge in [0.15, 0.2) is 0 Å². The standard InChI is InChI=1S/C34H42N2O2S.ClH/c1-25-23-36(17-8-11-26-9-3-2-4-10-26)30-20-29(21-34(25,22-30)27-12-7-13-31(37)19-27)35-32(38)33(15-5-6-16-33)28-14-18-39-24-28;/h2-4,7,9-10,12-14,18-19,24-25,29-30,37H,5-6,8,11,15-17,20-23H2,1H3,(H,35,38);1H/t25-,29+,30+,34+;/m0./s1. The van der Waals surface area contributed by atoms with E-state index in [9.17, 15) is 9.90 Å². The fourth-order valence-electron chi connectivity index (χ4n) is 8.13. The van der Waals surface area contributed by atoms with Gasteiger partial charge < -0.3 is 10.4 Å². The van der Waals surface area contributed by atoms with E-state index in [1.165, 1.54) is 16.7 Å². The van der Waals surface area contributed by atoms with Crippen LogP contribution in [0.5, 0.6) is 5.75 Å². The topological polar surface area (TPSA) is 52.6 Å². The second-order valence-electron chi connectivity index (χ2n) is 12.5. The lowest BCUT2D eigenvalue weighted by molar-refractivity contribution is -0.128. The maximum Gasteiger partial charge on any atom is 0.230 e. The Morgan fingerprint density at radius 2 is 1.85 bits per heavy atom. The molecule has 2 bridgehead atoms. The quantitative estimate of drug-likeness (QED) is 0.296. The third-order valence-corrected chi connectivity index (χ3v) is 10.9. The SMILES string of the molecule is C[C@H]1CN(CCCc2ccccc2)[C@@H]2C[C@@H](NC(=O)C3(c4ccsc4)CCCC3)C[C@@]1(c1cccc(O)c1)C2.Cl. The molecule has 40 heavy (non-hydrogen) atoms. The third-order valence-electron chi connectivity index (χ3n) is 10.2. The van der Waals surface area contributed by atoms with Gasteiger partial charge in [0.25, 0.3) is 0 Å². The van der Waals surface area contributed by atoms with Crippen molar-refractivity contribution in [1.82, 2.24) is 10.2 Å². The number of hydrogen-bond acceptors (Lipinski definition) is 4. The van der Waals surface area contributed by atoms with Gasteiger partial charge in [0.1, 0.15) is 5.75 Å². The number of phenols is 1. The summed E-state index contributed by atoms with van der Waals surface area (Å²) in [6, 6.07) is 21.5. The second kappa shape index (κ2) is 12.3. The average Bonchev–Trinajstić information content (AvgIpc) is 3.66. The number of piperidine rings is 1. The molecule has 2 saturated carbocycles. The molecular formula is C34H43ClN2O2S. The molecule has 3 fully saturated rings. The maximum atomic E-state index is 14.1. The number of halogens is 1. The van der Waals surface area contributed by atoms with Crippen LogP contribution < -0.4 is 5.32 Å². The molecule has 3 aliphatic rings. The zero-order chi connectivity index (χ0) is 26.9. The monoisotopic (exact) mass is 578 g/mol. The smallest absolute Gasteiger partial charge is 0.230 e. The van der Waals surface area contributed by atoms with Gasteiger partial charge in [-0.1, -0.05) is 62.2 Å². The van der Waals surface area contributed by atoms with E-state index in [0.29, 0.717) is 17.7 Å². The zero-order valence-corrected chi connectivity index (χ0v) is 25.2. The average molecular weight is 579 g/mol. The number of aromatic hydroxyl groups is 1. The highest BCUT2D eigenvalue weighted by molar-refractivity contribution is 7.08. The fourth-order valence-corrected chi connectivity index (χ4v) is 8.89. The van der Waals surface area contributed by atoms with Crippen molar-refractivity contribution in [3.8, 4) is 5.75 Å². The van der Waals surface area contributed by atoms with Crippen LogP contribution in [0.2, 0.25) is 0 Å². The van der Waals surface area contributed by atoms with Crippen LogP contribution >= 0.6 is 23.7 Å². The van der Waals surface area contributed by atoms with Gasteiger partial charge in [-0.15, -0.1) is 12.4 Å². The molecule has 6 heteroatoms. The molecule has 0 unspecified atom stereocenters. The van der Waals surface area contributed by atoms with E-state index in [1.807, 2.05) is 12.1 Å². The first kappa shape index (κ1) is 29.2. The molecule has 6 rings (SSSR count). The Kier molecular flexibility index (Phi) is 8.94. The lowest BCUT2D eigenvalue weighted by Gasteiger charge is -2.57. The number of carbonyl (C=O) groups excluding carboxylic acids is 1. The van der Waals surface area contributed by atoms with Crippen molar-refractivity contribution in [3.05, 3.63) is 88.1 Å². The van der Waals surface area contributed by atoms with Gasteiger partial charge in [0.2, 0.25) is 5.91 Å². The molecular weight excluding hydrogens is 536 g/mol. The number of aryl methyl sites for hydroxylation is 1. The summed E-state index contributed by atoms with van der Waals surface area (Å²) in [7, 11) is 0. The van der Waals surface area contributed by atoms with Crippen LogP contribution in [0.4, 0.5) is 0 Å². The van der Waals surface area contributed by atoms with E-state index in [2.05, 4.69) is 70.4 Å².